The molecule has 0 unspecified atom stereocenters. The van der Waals surface area contributed by atoms with Crippen molar-refractivity contribution in [2.24, 2.45) is 5.92 Å². The molecular formula is C18H17FN2O2. The van der Waals surface area contributed by atoms with E-state index in [1.165, 1.54) is 11.0 Å². The summed E-state index contributed by atoms with van der Waals surface area (Å²) < 4.78 is 13.7. The molecule has 23 heavy (non-hydrogen) atoms. The zero-order chi connectivity index (χ0) is 16.4. The third-order valence-electron chi connectivity index (χ3n) is 4.00. The zero-order valence-corrected chi connectivity index (χ0v) is 12.8. The lowest BCUT2D eigenvalue weighted by Gasteiger charge is -2.17. The van der Waals surface area contributed by atoms with Crippen molar-refractivity contribution in [3.05, 3.63) is 59.9 Å². The van der Waals surface area contributed by atoms with Crippen molar-refractivity contribution in [1.82, 2.24) is 0 Å². The Hall–Kier alpha value is -2.69. The Morgan fingerprint density at radius 2 is 1.96 bits per heavy atom. The molecule has 1 aliphatic rings. The van der Waals surface area contributed by atoms with Crippen LogP contribution < -0.4 is 10.2 Å². The van der Waals surface area contributed by atoms with Crippen LogP contribution in [-0.4, -0.2) is 18.4 Å². The van der Waals surface area contributed by atoms with Gasteiger partial charge in [0.05, 0.1) is 5.92 Å². The van der Waals surface area contributed by atoms with Crippen LogP contribution in [0.5, 0.6) is 0 Å². The largest absolute Gasteiger partial charge is 0.326 e. The summed E-state index contributed by atoms with van der Waals surface area (Å²) >= 11 is 0. The number of hydrogen-bond donors (Lipinski definition) is 1. The molecule has 5 heteroatoms. The molecule has 0 radical (unpaired) electrons. The first-order valence-corrected chi connectivity index (χ1v) is 7.47. The number of halogens is 1. The number of nitrogens with zero attached hydrogens (tertiary/aromatic N) is 1. The Morgan fingerprint density at radius 1 is 1.22 bits per heavy atom. The van der Waals surface area contributed by atoms with Crippen molar-refractivity contribution in [1.29, 1.82) is 0 Å². The van der Waals surface area contributed by atoms with Gasteiger partial charge in [0.25, 0.3) is 0 Å². The average Bonchev–Trinajstić information content (AvgIpc) is 2.93. The van der Waals surface area contributed by atoms with E-state index in [0.717, 1.165) is 0 Å². The number of benzene rings is 2. The van der Waals surface area contributed by atoms with Crippen molar-refractivity contribution >= 4 is 23.2 Å². The van der Waals surface area contributed by atoms with Gasteiger partial charge in [0.2, 0.25) is 11.8 Å². The fourth-order valence-corrected chi connectivity index (χ4v) is 2.65. The molecule has 1 saturated heterocycles. The molecule has 1 heterocycles. The van der Waals surface area contributed by atoms with Crippen molar-refractivity contribution in [3.8, 4) is 0 Å². The average molecular weight is 312 g/mol. The molecule has 1 aliphatic heterocycles. The highest BCUT2D eigenvalue weighted by atomic mass is 19.1. The lowest BCUT2D eigenvalue weighted by Crippen LogP contribution is -2.28. The van der Waals surface area contributed by atoms with E-state index in [1.807, 2.05) is 18.2 Å². The van der Waals surface area contributed by atoms with Crippen molar-refractivity contribution < 1.29 is 14.0 Å². The maximum atomic E-state index is 13.7. The van der Waals surface area contributed by atoms with Crippen LogP contribution in [0.2, 0.25) is 0 Å². The summed E-state index contributed by atoms with van der Waals surface area (Å²) in [6, 6.07) is 13.8. The molecule has 3 rings (SSSR count). The van der Waals surface area contributed by atoms with E-state index in [-0.39, 0.29) is 30.6 Å². The first-order valence-electron chi connectivity index (χ1n) is 7.47. The Bertz CT molecular complexity index is 746. The third kappa shape index (κ3) is 3.23. The van der Waals surface area contributed by atoms with E-state index in [2.05, 4.69) is 5.32 Å². The first kappa shape index (κ1) is 15.2. The van der Waals surface area contributed by atoms with Crippen LogP contribution in [0.15, 0.2) is 48.5 Å². The van der Waals surface area contributed by atoms with Crippen LogP contribution >= 0.6 is 0 Å². The minimum Gasteiger partial charge on any atom is -0.326 e. The van der Waals surface area contributed by atoms with E-state index in [0.29, 0.717) is 16.9 Å². The zero-order valence-electron chi connectivity index (χ0n) is 12.8. The van der Waals surface area contributed by atoms with Gasteiger partial charge in [0, 0.05) is 24.3 Å². The summed E-state index contributed by atoms with van der Waals surface area (Å²) in [6.45, 7) is 1.93. The van der Waals surface area contributed by atoms with Crippen LogP contribution in [0.25, 0.3) is 0 Å². The summed E-state index contributed by atoms with van der Waals surface area (Å²) in [6.07, 6.45) is 0.133. The molecule has 2 amide bonds. The SMILES string of the molecule is Cc1ccc(N2C[C@@H](C(=O)Nc3ccccc3)CC2=O)cc1F. The fraction of sp³-hybridized carbons (Fsp3) is 0.222. The second-order valence-corrected chi connectivity index (χ2v) is 5.69. The molecule has 118 valence electrons. The maximum Gasteiger partial charge on any atom is 0.229 e. The van der Waals surface area contributed by atoms with Crippen molar-refractivity contribution in [2.75, 3.05) is 16.8 Å². The number of nitrogens with one attached hydrogen (secondary N) is 1. The Balaban J connectivity index is 1.71. The second-order valence-electron chi connectivity index (χ2n) is 5.69. The first-order chi connectivity index (χ1) is 11.0. The van der Waals surface area contributed by atoms with Gasteiger partial charge >= 0.3 is 0 Å². The highest BCUT2D eigenvalue weighted by Gasteiger charge is 2.35. The topological polar surface area (TPSA) is 49.4 Å². The number of carbonyl (C=O) groups is 2. The number of rotatable bonds is 3. The van der Waals surface area contributed by atoms with Gasteiger partial charge in [-0.25, -0.2) is 4.39 Å². The van der Waals surface area contributed by atoms with E-state index in [4.69, 9.17) is 0 Å². The Labute approximate surface area is 133 Å². The predicted octanol–water partition coefficient (Wildman–Crippen LogP) is 3.13. The molecule has 2 aromatic carbocycles. The lowest BCUT2D eigenvalue weighted by molar-refractivity contribution is -0.122. The standard InChI is InChI=1S/C18H17FN2O2/c1-12-7-8-15(10-16(12)19)21-11-13(9-17(21)22)18(23)20-14-5-3-2-4-6-14/h2-8,10,13H,9,11H2,1H3,(H,20,23)/t13-/m0/s1. The third-order valence-corrected chi connectivity index (χ3v) is 4.00. The molecule has 1 N–H and O–H groups in total. The van der Waals surface area contributed by atoms with Crippen molar-refractivity contribution in [2.45, 2.75) is 13.3 Å². The number of hydrogen-bond acceptors (Lipinski definition) is 2. The molecule has 0 spiro atoms. The highest BCUT2D eigenvalue weighted by molar-refractivity contribution is 6.03. The van der Waals surface area contributed by atoms with Gasteiger partial charge in [-0.05, 0) is 36.8 Å². The van der Waals surface area contributed by atoms with E-state index >= 15 is 0 Å². The number of amides is 2. The number of carbonyl (C=O) groups excluding carboxylic acids is 2. The minimum absolute atomic E-state index is 0.133. The quantitative estimate of drug-likeness (QED) is 0.946. The molecule has 4 nitrogen and oxygen atoms in total. The van der Waals surface area contributed by atoms with Gasteiger partial charge in [-0.1, -0.05) is 24.3 Å². The molecule has 0 saturated carbocycles. The minimum atomic E-state index is -0.438. The van der Waals surface area contributed by atoms with E-state index in [1.54, 1.807) is 31.2 Å². The van der Waals surface area contributed by atoms with Gasteiger partial charge in [-0.15, -0.1) is 0 Å². The second kappa shape index (κ2) is 6.20. The van der Waals surface area contributed by atoms with Crippen LogP contribution in [0.4, 0.5) is 15.8 Å². The summed E-state index contributed by atoms with van der Waals surface area (Å²) in [7, 11) is 0. The number of aryl methyl sites for hydroxylation is 1. The van der Waals surface area contributed by atoms with Crippen molar-refractivity contribution in [3.63, 3.8) is 0 Å². The van der Waals surface area contributed by atoms with Gasteiger partial charge in [-0.2, -0.15) is 0 Å². The van der Waals surface area contributed by atoms with Crippen LogP contribution in [0, 0.1) is 18.7 Å². The maximum absolute atomic E-state index is 13.7. The fourth-order valence-electron chi connectivity index (χ4n) is 2.65. The molecule has 1 fully saturated rings. The van der Waals surface area contributed by atoms with Gasteiger partial charge in [-0.3, -0.25) is 9.59 Å². The monoisotopic (exact) mass is 312 g/mol. The Kier molecular flexibility index (Phi) is 4.10. The summed E-state index contributed by atoms with van der Waals surface area (Å²) in [4.78, 5) is 25.9. The summed E-state index contributed by atoms with van der Waals surface area (Å²) in [5.41, 5.74) is 1.72. The predicted molar refractivity (Wildman–Crippen MR) is 86.7 cm³/mol. The smallest absolute Gasteiger partial charge is 0.229 e. The molecule has 2 aromatic rings. The molecule has 1 atom stereocenters. The van der Waals surface area contributed by atoms with Gasteiger partial charge in [0.15, 0.2) is 0 Å². The number of anilines is 2. The summed E-state index contributed by atoms with van der Waals surface area (Å²) in [5, 5.41) is 2.81. The van der Waals surface area contributed by atoms with Crippen LogP contribution in [-0.2, 0) is 9.59 Å². The van der Waals surface area contributed by atoms with Crippen LogP contribution in [0.1, 0.15) is 12.0 Å². The van der Waals surface area contributed by atoms with Gasteiger partial charge in [0.1, 0.15) is 5.82 Å². The normalized spacial score (nSPS) is 17.4. The molecule has 0 aliphatic carbocycles. The van der Waals surface area contributed by atoms with E-state index < -0.39 is 5.92 Å². The van der Waals surface area contributed by atoms with E-state index in [9.17, 15) is 14.0 Å². The molecule has 0 aromatic heterocycles. The lowest BCUT2D eigenvalue weighted by atomic mass is 10.1. The van der Waals surface area contributed by atoms with Gasteiger partial charge < -0.3 is 10.2 Å². The number of para-hydroxylation sites is 1. The molecular weight excluding hydrogens is 295 g/mol. The molecule has 0 bridgehead atoms. The highest BCUT2D eigenvalue weighted by Crippen LogP contribution is 2.27. The Morgan fingerprint density at radius 3 is 2.65 bits per heavy atom. The van der Waals surface area contributed by atoms with Crippen LogP contribution in [0.3, 0.4) is 0 Å². The summed E-state index contributed by atoms with van der Waals surface area (Å²) in [5.74, 6) is -1.15.